The fourth-order valence-corrected chi connectivity index (χ4v) is 6.25. The Bertz CT molecular complexity index is 1570. The summed E-state index contributed by atoms with van der Waals surface area (Å²) >= 11 is 14.5. The Morgan fingerprint density at radius 1 is 1.20 bits per heavy atom. The number of halogens is 2. The zero-order valence-corrected chi connectivity index (χ0v) is 24.5. The van der Waals surface area contributed by atoms with Crippen molar-refractivity contribution in [2.24, 2.45) is 0 Å². The maximum absolute atomic E-state index is 13.6. The van der Waals surface area contributed by atoms with Crippen LogP contribution in [0.2, 0.25) is 10.0 Å². The second kappa shape index (κ2) is 12.5. The average Bonchev–Trinajstić information content (AvgIpc) is 3.67. The molecule has 2 atom stereocenters. The van der Waals surface area contributed by atoms with Crippen molar-refractivity contribution in [2.75, 3.05) is 19.0 Å². The number of esters is 2. The van der Waals surface area contributed by atoms with Crippen molar-refractivity contribution < 1.29 is 28.3 Å². The Labute approximate surface area is 249 Å². The highest BCUT2D eigenvalue weighted by Gasteiger charge is 2.42. The first-order chi connectivity index (χ1) is 19.7. The fourth-order valence-electron chi connectivity index (χ4n) is 4.70. The lowest BCUT2D eigenvalue weighted by Gasteiger charge is -2.26. The summed E-state index contributed by atoms with van der Waals surface area (Å²) in [7, 11) is 1.34. The van der Waals surface area contributed by atoms with Crippen molar-refractivity contribution >= 4 is 75.2 Å². The van der Waals surface area contributed by atoms with Gasteiger partial charge in [0.15, 0.2) is 5.58 Å². The van der Waals surface area contributed by atoms with Gasteiger partial charge in [0.1, 0.15) is 22.7 Å². The van der Waals surface area contributed by atoms with Crippen LogP contribution in [-0.2, 0) is 36.7 Å². The van der Waals surface area contributed by atoms with Gasteiger partial charge in [0, 0.05) is 36.0 Å². The molecular formula is C28H26Cl2N4O6S. The van der Waals surface area contributed by atoms with Gasteiger partial charge in [-0.15, -0.1) is 11.3 Å². The highest BCUT2D eigenvalue weighted by Crippen LogP contribution is 2.38. The summed E-state index contributed by atoms with van der Waals surface area (Å²) in [5.41, 5.74) is 2.35. The molecule has 214 valence electrons. The lowest BCUT2D eigenvalue weighted by molar-refractivity contribution is -0.149. The zero-order valence-electron chi connectivity index (χ0n) is 22.2. The minimum atomic E-state index is -0.558. The number of oxazole rings is 1. The monoisotopic (exact) mass is 616 g/mol. The Morgan fingerprint density at radius 2 is 2.00 bits per heavy atom. The molecule has 1 amide bonds. The summed E-state index contributed by atoms with van der Waals surface area (Å²) in [5, 5.41) is 4.35. The SMILES string of the molecule is COC(=O)CCc1cnc([C@@H]2[C@@H](OC(C)=O)CCN2C(=O)Cc2cc(Cl)c(Nc3nc4ccccc4o3)cc2Cl)s1. The number of hydrogen-bond donors (Lipinski definition) is 1. The molecule has 2 aromatic heterocycles. The molecule has 2 aromatic carbocycles. The van der Waals surface area contributed by atoms with E-state index in [9.17, 15) is 14.4 Å². The first-order valence-electron chi connectivity index (χ1n) is 12.8. The number of likely N-dealkylation sites (tertiary alicyclic amines) is 1. The second-order valence-electron chi connectivity index (χ2n) is 9.42. The van der Waals surface area contributed by atoms with E-state index in [2.05, 4.69) is 15.3 Å². The molecule has 0 unspecified atom stereocenters. The van der Waals surface area contributed by atoms with Crippen LogP contribution in [0.3, 0.4) is 0 Å². The summed E-state index contributed by atoms with van der Waals surface area (Å²) in [6.07, 6.45) is 2.25. The summed E-state index contributed by atoms with van der Waals surface area (Å²) < 4.78 is 16.0. The maximum Gasteiger partial charge on any atom is 0.305 e. The number of benzene rings is 2. The normalized spacial score (nSPS) is 16.6. The third-order valence-corrected chi connectivity index (χ3v) is 8.41. The van der Waals surface area contributed by atoms with E-state index in [0.717, 1.165) is 4.88 Å². The topological polar surface area (TPSA) is 124 Å². The van der Waals surface area contributed by atoms with Crippen molar-refractivity contribution in [3.05, 3.63) is 68.1 Å². The van der Waals surface area contributed by atoms with E-state index in [-0.39, 0.29) is 30.7 Å². The number of thiazole rings is 1. The predicted molar refractivity (Wildman–Crippen MR) is 155 cm³/mol. The molecule has 0 aliphatic carbocycles. The summed E-state index contributed by atoms with van der Waals surface area (Å²) in [6.45, 7) is 1.71. The van der Waals surface area contributed by atoms with Crippen LogP contribution in [0, 0.1) is 0 Å². The molecule has 5 rings (SSSR count). The summed E-state index contributed by atoms with van der Waals surface area (Å²) in [6, 6.07) is 10.3. The lowest BCUT2D eigenvalue weighted by Crippen LogP contribution is -2.35. The summed E-state index contributed by atoms with van der Waals surface area (Å²) in [4.78, 5) is 48.4. The van der Waals surface area contributed by atoms with E-state index >= 15 is 0 Å². The van der Waals surface area contributed by atoms with Gasteiger partial charge in [-0.2, -0.15) is 4.98 Å². The third kappa shape index (κ3) is 6.64. The lowest BCUT2D eigenvalue weighted by atomic mass is 10.1. The van der Waals surface area contributed by atoms with Crippen LogP contribution in [0.5, 0.6) is 0 Å². The number of amides is 1. The summed E-state index contributed by atoms with van der Waals surface area (Å²) in [5.74, 6) is -0.969. The van der Waals surface area contributed by atoms with E-state index in [1.807, 2.05) is 24.3 Å². The van der Waals surface area contributed by atoms with Crippen LogP contribution in [0.4, 0.5) is 11.7 Å². The number of carbonyl (C=O) groups is 3. The van der Waals surface area contributed by atoms with Crippen molar-refractivity contribution in [3.63, 3.8) is 0 Å². The number of ether oxygens (including phenoxy) is 2. The highest BCUT2D eigenvalue weighted by molar-refractivity contribution is 7.11. The number of aromatic nitrogens is 2. The van der Waals surface area contributed by atoms with Crippen LogP contribution in [0.1, 0.15) is 41.3 Å². The number of nitrogens with zero attached hydrogens (tertiary/aromatic N) is 3. The molecule has 0 bridgehead atoms. The molecule has 1 saturated heterocycles. The van der Waals surface area contributed by atoms with Crippen LogP contribution in [0.15, 0.2) is 47.0 Å². The molecule has 0 radical (unpaired) electrons. The molecule has 1 N–H and O–H groups in total. The van der Waals surface area contributed by atoms with Gasteiger partial charge in [0.05, 0.1) is 30.7 Å². The van der Waals surface area contributed by atoms with E-state index in [1.54, 1.807) is 23.2 Å². The first kappa shape index (κ1) is 28.8. The Hall–Kier alpha value is -3.67. The van der Waals surface area contributed by atoms with Gasteiger partial charge in [-0.25, -0.2) is 4.98 Å². The molecule has 1 fully saturated rings. The molecule has 4 aromatic rings. The van der Waals surface area contributed by atoms with E-state index in [1.165, 1.54) is 25.4 Å². The molecular weight excluding hydrogens is 591 g/mol. The van der Waals surface area contributed by atoms with E-state index in [0.29, 0.717) is 56.8 Å². The van der Waals surface area contributed by atoms with Gasteiger partial charge in [0.2, 0.25) is 5.91 Å². The van der Waals surface area contributed by atoms with Gasteiger partial charge in [-0.05, 0) is 36.2 Å². The quantitative estimate of drug-likeness (QED) is 0.229. The largest absolute Gasteiger partial charge is 0.469 e. The van der Waals surface area contributed by atoms with Gasteiger partial charge in [-0.3, -0.25) is 14.4 Å². The fraction of sp³-hybridized carbons (Fsp3) is 0.321. The predicted octanol–water partition coefficient (Wildman–Crippen LogP) is 5.89. The minimum Gasteiger partial charge on any atom is -0.469 e. The number of fused-ring (bicyclic) bond motifs is 1. The first-order valence-corrected chi connectivity index (χ1v) is 14.4. The number of nitrogens with one attached hydrogen (secondary N) is 1. The number of carbonyl (C=O) groups excluding carboxylic acids is 3. The zero-order chi connectivity index (χ0) is 29.1. The van der Waals surface area contributed by atoms with Crippen LogP contribution >= 0.6 is 34.5 Å². The van der Waals surface area contributed by atoms with E-state index in [4.69, 9.17) is 37.1 Å². The van der Waals surface area contributed by atoms with Crippen molar-refractivity contribution in [2.45, 2.75) is 44.8 Å². The van der Waals surface area contributed by atoms with E-state index < -0.39 is 18.1 Å². The molecule has 1 aliphatic rings. The standard InChI is InChI=1S/C28H26Cl2N4O6S/c1-15(35)39-23-9-10-34(26(23)27-31-14-17(41-27)7-8-25(37)38-2)24(36)12-16-11-19(30)21(13-18(16)29)33-28-32-20-5-3-4-6-22(20)40-28/h3-6,11,13-14,23,26H,7-10,12H2,1-2H3,(H,32,33)/t23-,26-/m0/s1. The average molecular weight is 618 g/mol. The van der Waals surface area contributed by atoms with Crippen molar-refractivity contribution in [1.82, 2.24) is 14.9 Å². The molecule has 13 heteroatoms. The van der Waals surface area contributed by atoms with Gasteiger partial charge in [-0.1, -0.05) is 35.3 Å². The van der Waals surface area contributed by atoms with Crippen molar-refractivity contribution in [1.29, 1.82) is 0 Å². The Kier molecular flexibility index (Phi) is 8.77. The number of methoxy groups -OCH3 is 1. The van der Waals surface area contributed by atoms with Crippen LogP contribution in [0.25, 0.3) is 11.1 Å². The number of aryl methyl sites for hydroxylation is 1. The Balaban J connectivity index is 1.33. The van der Waals surface area contributed by atoms with Gasteiger partial charge >= 0.3 is 11.9 Å². The number of rotatable bonds is 9. The molecule has 3 heterocycles. The molecule has 0 spiro atoms. The van der Waals surface area contributed by atoms with Crippen LogP contribution < -0.4 is 5.32 Å². The van der Waals surface area contributed by atoms with Crippen molar-refractivity contribution in [3.8, 4) is 0 Å². The van der Waals surface area contributed by atoms with Gasteiger partial charge < -0.3 is 24.1 Å². The molecule has 41 heavy (non-hydrogen) atoms. The van der Waals surface area contributed by atoms with Gasteiger partial charge in [0.25, 0.3) is 6.01 Å². The number of hydrogen-bond acceptors (Lipinski definition) is 10. The highest BCUT2D eigenvalue weighted by atomic mass is 35.5. The Morgan fingerprint density at radius 3 is 2.76 bits per heavy atom. The minimum absolute atomic E-state index is 0.0222. The van der Waals surface area contributed by atoms with Crippen LogP contribution in [-0.4, -0.2) is 52.5 Å². The smallest absolute Gasteiger partial charge is 0.305 e. The molecule has 10 nitrogen and oxygen atoms in total. The maximum atomic E-state index is 13.6. The number of anilines is 2. The third-order valence-electron chi connectivity index (χ3n) is 6.62. The second-order valence-corrected chi connectivity index (χ2v) is 11.4. The molecule has 0 saturated carbocycles. The molecule has 1 aliphatic heterocycles. The number of para-hydroxylation sites is 2.